The summed E-state index contributed by atoms with van der Waals surface area (Å²) in [6.45, 7) is 4.34. The molecule has 0 radical (unpaired) electrons. The molecule has 3 rings (SSSR count). The van der Waals surface area contributed by atoms with Crippen LogP contribution < -0.4 is 0 Å². The van der Waals surface area contributed by atoms with Crippen LogP contribution >= 0.6 is 0 Å². The number of benzene rings is 2. The molecule has 0 aliphatic rings. The number of carbonyl (C=O) groups excluding carboxylic acids is 1. The number of hydrogen-bond acceptors (Lipinski definition) is 5. The fraction of sp³-hybridized carbons (Fsp3) is 0.320. The van der Waals surface area contributed by atoms with Gasteiger partial charge in [0.1, 0.15) is 5.82 Å². The van der Waals surface area contributed by atoms with Crippen LogP contribution in [0.4, 0.5) is 4.39 Å². The molecule has 7 heteroatoms. The molecule has 0 saturated carbocycles. The van der Waals surface area contributed by atoms with Gasteiger partial charge in [-0.15, -0.1) is 16.6 Å². The molecule has 0 saturated heterocycles. The molecule has 6 nitrogen and oxygen atoms in total. The van der Waals surface area contributed by atoms with Crippen molar-refractivity contribution in [2.45, 2.75) is 26.4 Å². The van der Waals surface area contributed by atoms with Crippen molar-refractivity contribution in [3.05, 3.63) is 77.1 Å². The Morgan fingerprint density at radius 2 is 1.78 bits per heavy atom. The molecular weight excluding hydrogens is 405 g/mol. The van der Waals surface area contributed by atoms with E-state index in [4.69, 9.17) is 6.42 Å². The Morgan fingerprint density at radius 1 is 1.09 bits per heavy atom. The first-order chi connectivity index (χ1) is 15.4. The normalized spacial score (nSPS) is 11.2. The molecule has 0 atom stereocenters. The van der Waals surface area contributed by atoms with Crippen molar-refractivity contribution in [1.29, 1.82) is 0 Å². The van der Waals surface area contributed by atoms with E-state index in [0.29, 0.717) is 42.5 Å². The van der Waals surface area contributed by atoms with Gasteiger partial charge >= 0.3 is 0 Å². The lowest BCUT2D eigenvalue weighted by Gasteiger charge is -2.21. The smallest absolute Gasteiger partial charge is 0.195 e. The van der Waals surface area contributed by atoms with E-state index in [0.717, 1.165) is 13.0 Å². The number of ketones is 1. The van der Waals surface area contributed by atoms with Crippen LogP contribution in [-0.2, 0) is 13.1 Å². The number of terminal acetylenes is 1. The van der Waals surface area contributed by atoms with Crippen LogP contribution in [0.25, 0.3) is 5.69 Å². The number of nitrogens with zero attached hydrogens (tertiary/aromatic N) is 5. The van der Waals surface area contributed by atoms with Crippen LogP contribution in [0.1, 0.15) is 40.9 Å². The van der Waals surface area contributed by atoms with E-state index in [1.54, 1.807) is 30.3 Å². The molecule has 3 aromatic rings. The SMILES string of the molecule is C#CCN(CCC)Cc1nnc(CN(C)C)n1-c1ccc(F)cc1C(=O)c1ccccc1. The molecule has 32 heavy (non-hydrogen) atoms. The summed E-state index contributed by atoms with van der Waals surface area (Å²) < 4.78 is 16.1. The van der Waals surface area contributed by atoms with E-state index >= 15 is 0 Å². The fourth-order valence-electron chi connectivity index (χ4n) is 3.61. The molecule has 0 spiro atoms. The zero-order valence-electron chi connectivity index (χ0n) is 18.8. The van der Waals surface area contributed by atoms with E-state index in [-0.39, 0.29) is 11.3 Å². The van der Waals surface area contributed by atoms with Crippen LogP contribution in [0.2, 0.25) is 0 Å². The summed E-state index contributed by atoms with van der Waals surface area (Å²) in [7, 11) is 3.86. The molecule has 0 aliphatic carbocycles. The van der Waals surface area contributed by atoms with Gasteiger partial charge in [0.15, 0.2) is 17.4 Å². The maximum atomic E-state index is 14.3. The van der Waals surface area contributed by atoms with Gasteiger partial charge in [0.05, 0.1) is 25.3 Å². The van der Waals surface area contributed by atoms with Crippen molar-refractivity contribution < 1.29 is 9.18 Å². The van der Waals surface area contributed by atoms with E-state index in [9.17, 15) is 9.18 Å². The lowest BCUT2D eigenvalue weighted by molar-refractivity contribution is 0.103. The minimum absolute atomic E-state index is 0.260. The van der Waals surface area contributed by atoms with Crippen molar-refractivity contribution in [3.8, 4) is 18.0 Å². The third-order valence-corrected chi connectivity index (χ3v) is 4.95. The van der Waals surface area contributed by atoms with Gasteiger partial charge in [-0.05, 0) is 45.3 Å². The second-order valence-electron chi connectivity index (χ2n) is 7.88. The predicted molar refractivity (Wildman–Crippen MR) is 123 cm³/mol. The third-order valence-electron chi connectivity index (χ3n) is 4.95. The average molecular weight is 434 g/mol. The van der Waals surface area contributed by atoms with Gasteiger partial charge in [-0.1, -0.05) is 43.2 Å². The van der Waals surface area contributed by atoms with E-state index in [1.165, 1.54) is 12.1 Å². The minimum Gasteiger partial charge on any atom is -0.302 e. The summed E-state index contributed by atoms with van der Waals surface area (Å²) in [5.41, 5.74) is 1.30. The molecule has 1 heterocycles. The zero-order chi connectivity index (χ0) is 23.1. The standard InChI is InChI=1S/C25H28FN5O/c1-5-14-30(15-6-2)18-24-28-27-23(17-29(3)4)31(24)22-13-12-20(26)16-21(22)25(32)19-10-8-7-9-11-19/h1,7-13,16H,6,14-15,17-18H2,2-4H3. The van der Waals surface area contributed by atoms with Gasteiger partial charge in [-0.25, -0.2) is 4.39 Å². The van der Waals surface area contributed by atoms with Crippen LogP contribution in [0.5, 0.6) is 0 Å². The van der Waals surface area contributed by atoms with Crippen LogP contribution in [-0.4, -0.2) is 57.5 Å². The van der Waals surface area contributed by atoms with Crippen LogP contribution in [0.15, 0.2) is 48.5 Å². The highest BCUT2D eigenvalue weighted by Gasteiger charge is 2.22. The Kier molecular flexibility index (Phi) is 7.87. The lowest BCUT2D eigenvalue weighted by Crippen LogP contribution is -2.27. The Labute approximate surface area is 188 Å². The van der Waals surface area contributed by atoms with Crippen molar-refractivity contribution in [1.82, 2.24) is 24.6 Å². The Morgan fingerprint density at radius 3 is 2.41 bits per heavy atom. The van der Waals surface area contributed by atoms with Gasteiger partial charge in [0, 0.05) is 11.1 Å². The average Bonchev–Trinajstić information content (AvgIpc) is 3.15. The summed E-state index contributed by atoms with van der Waals surface area (Å²) >= 11 is 0. The van der Waals surface area contributed by atoms with Crippen molar-refractivity contribution in [3.63, 3.8) is 0 Å². The quantitative estimate of drug-likeness (QED) is 0.362. The monoisotopic (exact) mass is 433 g/mol. The van der Waals surface area contributed by atoms with Crippen molar-refractivity contribution in [2.75, 3.05) is 27.2 Å². The van der Waals surface area contributed by atoms with Gasteiger partial charge in [-0.2, -0.15) is 0 Å². The molecule has 2 aromatic carbocycles. The predicted octanol–water partition coefficient (Wildman–Crippen LogP) is 3.54. The lowest BCUT2D eigenvalue weighted by atomic mass is 10.0. The molecule has 1 aromatic heterocycles. The zero-order valence-corrected chi connectivity index (χ0v) is 18.8. The van der Waals surface area contributed by atoms with Crippen molar-refractivity contribution in [2.24, 2.45) is 0 Å². The number of aromatic nitrogens is 3. The van der Waals surface area contributed by atoms with E-state index in [1.807, 2.05) is 29.6 Å². The van der Waals surface area contributed by atoms with Crippen LogP contribution in [0.3, 0.4) is 0 Å². The van der Waals surface area contributed by atoms with Crippen molar-refractivity contribution >= 4 is 5.78 Å². The third kappa shape index (κ3) is 5.47. The molecule has 0 amide bonds. The summed E-state index contributed by atoms with van der Waals surface area (Å²) in [6, 6.07) is 13.1. The molecular formula is C25H28FN5O. The van der Waals surface area contributed by atoms with Gasteiger partial charge < -0.3 is 4.90 Å². The number of carbonyl (C=O) groups is 1. The Bertz CT molecular complexity index is 1100. The largest absolute Gasteiger partial charge is 0.302 e. The topological polar surface area (TPSA) is 54.3 Å². The highest BCUT2D eigenvalue weighted by Crippen LogP contribution is 2.24. The molecule has 166 valence electrons. The highest BCUT2D eigenvalue weighted by atomic mass is 19.1. The van der Waals surface area contributed by atoms with Gasteiger partial charge in [-0.3, -0.25) is 14.3 Å². The summed E-state index contributed by atoms with van der Waals surface area (Å²) in [5.74, 6) is 3.27. The van der Waals surface area contributed by atoms with Gasteiger partial charge in [0.25, 0.3) is 0 Å². The summed E-state index contributed by atoms with van der Waals surface area (Å²) in [5, 5.41) is 8.81. The molecule has 0 unspecified atom stereocenters. The minimum atomic E-state index is -0.475. The Hall–Kier alpha value is -3.34. The first-order valence-corrected chi connectivity index (χ1v) is 10.6. The Balaban J connectivity index is 2.14. The molecule has 0 N–H and O–H groups in total. The second kappa shape index (κ2) is 10.8. The summed E-state index contributed by atoms with van der Waals surface area (Å²) in [4.78, 5) is 17.4. The highest BCUT2D eigenvalue weighted by molar-refractivity contribution is 6.11. The fourth-order valence-corrected chi connectivity index (χ4v) is 3.61. The molecule has 0 bridgehead atoms. The number of halogens is 1. The number of hydrogen-bond donors (Lipinski definition) is 0. The summed E-state index contributed by atoms with van der Waals surface area (Å²) in [6.07, 6.45) is 6.49. The number of rotatable bonds is 10. The maximum absolute atomic E-state index is 14.3. The first kappa shape index (κ1) is 23.3. The molecule has 0 aliphatic heterocycles. The van der Waals surface area contributed by atoms with Crippen LogP contribution in [0, 0.1) is 18.2 Å². The second-order valence-corrected chi connectivity index (χ2v) is 7.88. The van der Waals surface area contributed by atoms with E-state index in [2.05, 4.69) is 27.9 Å². The van der Waals surface area contributed by atoms with E-state index < -0.39 is 5.82 Å². The first-order valence-electron chi connectivity index (χ1n) is 10.6. The molecule has 0 fully saturated rings. The maximum Gasteiger partial charge on any atom is 0.195 e. The van der Waals surface area contributed by atoms with Gasteiger partial charge in [0.2, 0.25) is 0 Å².